The maximum Gasteiger partial charge on any atom is 0.254 e. The van der Waals surface area contributed by atoms with Crippen LogP contribution in [0.25, 0.3) is 10.9 Å². The zero-order valence-electron chi connectivity index (χ0n) is 13.7. The molecule has 1 saturated heterocycles. The first-order valence-corrected chi connectivity index (χ1v) is 8.32. The van der Waals surface area contributed by atoms with Crippen LogP contribution in [0.1, 0.15) is 36.5 Å². The van der Waals surface area contributed by atoms with Gasteiger partial charge in [0.05, 0.1) is 11.7 Å². The highest BCUT2D eigenvalue weighted by Gasteiger charge is 2.24. The molecule has 2 aromatic rings. The second-order valence-electron chi connectivity index (χ2n) is 6.12. The number of hydrogen-bond donors (Lipinski definition) is 1. The molecular weight excluding hydrogens is 311 g/mol. The summed E-state index contributed by atoms with van der Waals surface area (Å²) in [5.41, 5.74) is 0.325. The number of rotatable bonds is 5. The number of fused-ring (bicyclic) bond motifs is 1. The van der Waals surface area contributed by atoms with Gasteiger partial charge in [-0.3, -0.25) is 9.59 Å². The molecule has 0 saturated carbocycles. The first kappa shape index (κ1) is 16.6. The normalized spacial score (nSPS) is 17.3. The number of nitrogens with one attached hydrogen (secondary N) is 1. The Morgan fingerprint density at radius 2 is 2.25 bits per heavy atom. The van der Waals surface area contributed by atoms with Gasteiger partial charge in [0.2, 0.25) is 5.56 Å². The molecule has 128 valence electrons. The number of carbonyl (C=O) groups is 1. The number of ether oxygens (including phenoxy) is 1. The number of pyridine rings is 1. The van der Waals surface area contributed by atoms with Gasteiger partial charge in [-0.25, -0.2) is 4.39 Å². The van der Waals surface area contributed by atoms with Gasteiger partial charge < -0.3 is 14.6 Å². The van der Waals surface area contributed by atoms with Crippen LogP contribution in [0.15, 0.2) is 29.1 Å². The van der Waals surface area contributed by atoms with E-state index >= 15 is 0 Å². The highest BCUT2D eigenvalue weighted by Crippen LogP contribution is 2.20. The fourth-order valence-electron chi connectivity index (χ4n) is 3.15. The van der Waals surface area contributed by atoms with E-state index in [0.717, 1.165) is 25.9 Å². The number of aromatic amines is 1. The Labute approximate surface area is 139 Å². The zero-order valence-corrected chi connectivity index (χ0v) is 13.7. The topological polar surface area (TPSA) is 62.4 Å². The van der Waals surface area contributed by atoms with Gasteiger partial charge in [0.15, 0.2) is 0 Å². The summed E-state index contributed by atoms with van der Waals surface area (Å²) in [6, 6.07) is 5.28. The van der Waals surface area contributed by atoms with E-state index < -0.39 is 5.82 Å². The second kappa shape index (κ2) is 7.13. The van der Waals surface area contributed by atoms with Crippen LogP contribution in [-0.2, 0) is 4.74 Å². The van der Waals surface area contributed by atoms with Crippen LogP contribution in [0.2, 0.25) is 0 Å². The third-order valence-corrected chi connectivity index (χ3v) is 4.26. The molecule has 1 N–H and O–H groups in total. The predicted octanol–water partition coefficient (Wildman–Crippen LogP) is 2.70. The summed E-state index contributed by atoms with van der Waals surface area (Å²) in [5, 5.41) is 0.424. The molecule has 0 radical (unpaired) electrons. The van der Waals surface area contributed by atoms with Crippen molar-refractivity contribution in [2.75, 3.05) is 19.7 Å². The van der Waals surface area contributed by atoms with E-state index in [1.165, 1.54) is 24.3 Å². The summed E-state index contributed by atoms with van der Waals surface area (Å²) in [5.74, 6) is -0.696. The number of aromatic nitrogens is 1. The summed E-state index contributed by atoms with van der Waals surface area (Å²) in [6.45, 7) is 3.78. The van der Waals surface area contributed by atoms with E-state index in [1.807, 2.05) is 6.92 Å². The van der Waals surface area contributed by atoms with E-state index in [1.54, 1.807) is 4.90 Å². The van der Waals surface area contributed by atoms with Gasteiger partial charge in [0.1, 0.15) is 5.82 Å². The standard InChI is InChI=1S/C18H21FN2O3/c1-2-7-21(11-13-4-3-8-24-13)18(23)15-10-17(22)20-16-6-5-12(19)9-14(15)16/h5-6,9-10,13H,2-4,7-8,11H2,1H3,(H,20,22)/t13-/m1/s1. The van der Waals surface area contributed by atoms with Crippen molar-refractivity contribution in [2.45, 2.75) is 32.3 Å². The summed E-state index contributed by atoms with van der Waals surface area (Å²) in [6.07, 6.45) is 2.76. The number of hydrogen-bond acceptors (Lipinski definition) is 3. The summed E-state index contributed by atoms with van der Waals surface area (Å²) < 4.78 is 19.2. The zero-order chi connectivity index (χ0) is 17.1. The fourth-order valence-corrected chi connectivity index (χ4v) is 3.15. The van der Waals surface area contributed by atoms with Crippen LogP contribution in [-0.4, -0.2) is 41.6 Å². The molecule has 24 heavy (non-hydrogen) atoms. The van der Waals surface area contributed by atoms with E-state index in [-0.39, 0.29) is 23.1 Å². The molecule has 1 amide bonds. The predicted molar refractivity (Wildman–Crippen MR) is 89.7 cm³/mol. The Balaban J connectivity index is 1.98. The first-order valence-electron chi connectivity index (χ1n) is 8.32. The van der Waals surface area contributed by atoms with Crippen molar-refractivity contribution in [1.82, 2.24) is 9.88 Å². The molecule has 3 rings (SSSR count). The number of H-pyrrole nitrogens is 1. The van der Waals surface area contributed by atoms with Crippen molar-refractivity contribution < 1.29 is 13.9 Å². The minimum Gasteiger partial charge on any atom is -0.376 e. The molecule has 1 aliphatic rings. The molecular formula is C18H21FN2O3. The molecule has 0 aliphatic carbocycles. The third-order valence-electron chi connectivity index (χ3n) is 4.26. The van der Waals surface area contributed by atoms with Crippen LogP contribution < -0.4 is 5.56 Å². The molecule has 1 aromatic carbocycles. The fraction of sp³-hybridized carbons (Fsp3) is 0.444. The number of carbonyl (C=O) groups excluding carboxylic acids is 1. The van der Waals surface area contributed by atoms with Crippen LogP contribution in [0.3, 0.4) is 0 Å². The van der Waals surface area contributed by atoms with Gasteiger partial charge in [-0.2, -0.15) is 0 Å². The Morgan fingerprint density at radius 3 is 2.96 bits per heavy atom. The van der Waals surface area contributed by atoms with Gasteiger partial charge in [-0.15, -0.1) is 0 Å². The lowest BCUT2D eigenvalue weighted by molar-refractivity contribution is 0.0527. The Bertz CT molecular complexity index is 796. The van der Waals surface area contributed by atoms with Crippen molar-refractivity contribution >= 4 is 16.8 Å². The number of benzene rings is 1. The summed E-state index contributed by atoms with van der Waals surface area (Å²) >= 11 is 0. The van der Waals surface area contributed by atoms with Gasteiger partial charge in [0.25, 0.3) is 5.91 Å². The van der Waals surface area contributed by atoms with Gasteiger partial charge in [0, 0.05) is 36.7 Å². The highest BCUT2D eigenvalue weighted by molar-refractivity contribution is 6.06. The van der Waals surface area contributed by atoms with E-state index in [0.29, 0.717) is 24.0 Å². The van der Waals surface area contributed by atoms with Crippen LogP contribution in [0.5, 0.6) is 0 Å². The SMILES string of the molecule is CCCN(C[C@H]1CCCO1)C(=O)c1cc(=O)[nH]c2ccc(F)cc12. The summed E-state index contributed by atoms with van der Waals surface area (Å²) in [7, 11) is 0. The van der Waals surface area contributed by atoms with Crippen LogP contribution in [0.4, 0.5) is 4.39 Å². The molecule has 0 spiro atoms. The smallest absolute Gasteiger partial charge is 0.254 e. The third kappa shape index (κ3) is 3.48. The molecule has 1 fully saturated rings. The van der Waals surface area contributed by atoms with Crippen LogP contribution in [0, 0.1) is 5.82 Å². The van der Waals surface area contributed by atoms with Crippen molar-refractivity contribution in [3.8, 4) is 0 Å². The second-order valence-corrected chi connectivity index (χ2v) is 6.12. The van der Waals surface area contributed by atoms with Crippen molar-refractivity contribution in [3.63, 3.8) is 0 Å². The molecule has 1 aromatic heterocycles. The molecule has 0 bridgehead atoms. The summed E-state index contributed by atoms with van der Waals surface area (Å²) in [4.78, 5) is 29.2. The molecule has 1 atom stereocenters. The van der Waals surface area contributed by atoms with Crippen molar-refractivity contribution in [2.24, 2.45) is 0 Å². The minimum absolute atomic E-state index is 0.0329. The van der Waals surface area contributed by atoms with Crippen LogP contribution >= 0.6 is 0 Å². The number of amides is 1. The lowest BCUT2D eigenvalue weighted by Crippen LogP contribution is -2.38. The Kier molecular flexibility index (Phi) is 4.94. The van der Waals surface area contributed by atoms with E-state index in [2.05, 4.69) is 4.98 Å². The van der Waals surface area contributed by atoms with Gasteiger partial charge in [-0.05, 0) is 37.5 Å². The first-order chi connectivity index (χ1) is 11.6. The largest absolute Gasteiger partial charge is 0.376 e. The lowest BCUT2D eigenvalue weighted by atomic mass is 10.1. The lowest BCUT2D eigenvalue weighted by Gasteiger charge is -2.25. The molecule has 1 aliphatic heterocycles. The van der Waals surface area contributed by atoms with Crippen molar-refractivity contribution in [3.05, 3.63) is 46.0 Å². The maximum absolute atomic E-state index is 13.6. The van der Waals surface area contributed by atoms with E-state index in [4.69, 9.17) is 4.74 Å². The van der Waals surface area contributed by atoms with E-state index in [9.17, 15) is 14.0 Å². The molecule has 6 heteroatoms. The average Bonchev–Trinajstić information content (AvgIpc) is 3.06. The van der Waals surface area contributed by atoms with Gasteiger partial charge >= 0.3 is 0 Å². The average molecular weight is 332 g/mol. The minimum atomic E-state index is -0.440. The molecule has 0 unspecified atom stereocenters. The highest BCUT2D eigenvalue weighted by atomic mass is 19.1. The van der Waals surface area contributed by atoms with Gasteiger partial charge in [-0.1, -0.05) is 6.92 Å². The monoisotopic (exact) mass is 332 g/mol. The maximum atomic E-state index is 13.6. The number of nitrogens with zero attached hydrogens (tertiary/aromatic N) is 1. The van der Waals surface area contributed by atoms with Crippen molar-refractivity contribution in [1.29, 1.82) is 0 Å². The Morgan fingerprint density at radius 1 is 1.42 bits per heavy atom. The quantitative estimate of drug-likeness (QED) is 0.916. The Hall–Kier alpha value is -2.21. The molecule has 2 heterocycles. The molecule has 5 nitrogen and oxygen atoms in total. The number of halogens is 1.